The van der Waals surface area contributed by atoms with Gasteiger partial charge >= 0.3 is 5.69 Å². The van der Waals surface area contributed by atoms with Crippen molar-refractivity contribution in [2.45, 2.75) is 12.3 Å². The zero-order valence-electron chi connectivity index (χ0n) is 14.3. The molecule has 1 heterocycles. The van der Waals surface area contributed by atoms with Crippen LogP contribution in [-0.2, 0) is 4.74 Å². The van der Waals surface area contributed by atoms with Crippen molar-refractivity contribution in [1.82, 2.24) is 0 Å². The topological polar surface area (TPSA) is 81.5 Å². The molecule has 0 unspecified atom stereocenters. The van der Waals surface area contributed by atoms with Crippen molar-refractivity contribution in [2.24, 2.45) is 0 Å². The quantitative estimate of drug-likeness (QED) is 0.637. The minimum atomic E-state index is -0.438. The minimum absolute atomic E-state index is 0.0275. The summed E-state index contributed by atoms with van der Waals surface area (Å²) in [5.74, 6) is 0.273. The fourth-order valence-electron chi connectivity index (χ4n) is 2.79. The normalized spacial score (nSPS) is 19.6. The molecule has 0 bridgehead atoms. The fourth-order valence-corrected chi connectivity index (χ4v) is 2.79. The molecule has 2 N–H and O–H groups in total. The summed E-state index contributed by atoms with van der Waals surface area (Å²) in [5.41, 5.74) is 2.21. The van der Waals surface area contributed by atoms with Gasteiger partial charge in [-0.15, -0.1) is 0 Å². The maximum atomic E-state index is 11.0. The number of hydrogen-bond acceptors (Lipinski definition) is 5. The number of hydrogen-bond donors (Lipinski definition) is 1. The first-order valence-electron chi connectivity index (χ1n) is 8.17. The van der Waals surface area contributed by atoms with E-state index in [-0.39, 0.29) is 30.4 Å². The Morgan fingerprint density at radius 3 is 2.64 bits per heavy atom. The number of nitro groups is 1. The Bertz CT molecular complexity index is 733. The lowest BCUT2D eigenvalue weighted by atomic mass is 10.2. The molecule has 1 aliphatic rings. The zero-order chi connectivity index (χ0) is 17.8. The molecule has 2 aromatic rings. The van der Waals surface area contributed by atoms with Crippen molar-refractivity contribution in [3.05, 3.63) is 64.2 Å². The monoisotopic (exact) mass is 344 g/mol. The summed E-state index contributed by atoms with van der Waals surface area (Å²) in [6.07, 6.45) is -0.186. The fraction of sp³-hybridized carbons (Fsp3) is 0.333. The molecular formula is C18H22N3O4+. The molecule has 2 aromatic carbocycles. The van der Waals surface area contributed by atoms with Crippen LogP contribution >= 0.6 is 0 Å². The molecule has 7 nitrogen and oxygen atoms in total. The number of anilines is 1. The standard InChI is InChI=1S/C18H21N3O4/c1-20(2)14-9-7-13(8-10-14)18-19-11-15(25-18)12-24-17-6-4-3-5-16(17)21(22)23/h3-10,15,18-19H,11-12H2,1-2H3/p+1/t15-,18-/m1/s1. The number of quaternary nitrogens is 1. The van der Waals surface area contributed by atoms with E-state index >= 15 is 0 Å². The van der Waals surface area contributed by atoms with E-state index in [9.17, 15) is 10.1 Å². The van der Waals surface area contributed by atoms with E-state index < -0.39 is 4.92 Å². The second-order valence-corrected chi connectivity index (χ2v) is 6.17. The number of benzene rings is 2. The van der Waals surface area contributed by atoms with E-state index in [1.807, 2.05) is 19.0 Å². The number of nitro benzene ring substituents is 1. The van der Waals surface area contributed by atoms with Crippen LogP contribution in [0.1, 0.15) is 11.8 Å². The van der Waals surface area contributed by atoms with Crippen molar-refractivity contribution in [3.63, 3.8) is 0 Å². The van der Waals surface area contributed by atoms with E-state index in [2.05, 4.69) is 29.6 Å². The smallest absolute Gasteiger partial charge is 0.310 e. The van der Waals surface area contributed by atoms with Crippen molar-refractivity contribution in [2.75, 3.05) is 32.1 Å². The number of nitrogens with two attached hydrogens (primary N) is 1. The van der Waals surface area contributed by atoms with Gasteiger partial charge in [0.05, 0.1) is 4.92 Å². The van der Waals surface area contributed by atoms with Crippen LogP contribution in [0.5, 0.6) is 5.75 Å². The predicted molar refractivity (Wildman–Crippen MR) is 93.8 cm³/mol. The van der Waals surface area contributed by atoms with Crippen LogP contribution in [0, 0.1) is 10.1 Å². The molecule has 0 saturated carbocycles. The second kappa shape index (κ2) is 7.50. The van der Waals surface area contributed by atoms with Gasteiger partial charge in [0.25, 0.3) is 0 Å². The van der Waals surface area contributed by atoms with Crippen LogP contribution in [0.25, 0.3) is 0 Å². The number of para-hydroxylation sites is 2. The van der Waals surface area contributed by atoms with Gasteiger partial charge in [0.2, 0.25) is 6.23 Å². The van der Waals surface area contributed by atoms with E-state index in [1.54, 1.807) is 18.2 Å². The lowest BCUT2D eigenvalue weighted by Crippen LogP contribution is -2.82. The summed E-state index contributed by atoms with van der Waals surface area (Å²) < 4.78 is 11.6. The SMILES string of the molecule is CN(C)c1ccc([C@@H]2[NH2+]C[C@H](COc3ccccc3[N+](=O)[O-])O2)cc1. The molecule has 7 heteroatoms. The zero-order valence-corrected chi connectivity index (χ0v) is 14.3. The molecule has 2 atom stereocenters. The van der Waals surface area contributed by atoms with Crippen molar-refractivity contribution in [3.8, 4) is 5.75 Å². The lowest BCUT2D eigenvalue weighted by molar-refractivity contribution is -0.697. The first-order valence-corrected chi connectivity index (χ1v) is 8.17. The van der Waals surface area contributed by atoms with Gasteiger partial charge in [-0.05, 0) is 30.3 Å². The molecule has 0 spiro atoms. The summed E-state index contributed by atoms with van der Waals surface area (Å²) >= 11 is 0. The largest absolute Gasteiger partial charge is 0.484 e. The highest BCUT2D eigenvalue weighted by molar-refractivity contribution is 5.46. The molecular weight excluding hydrogens is 322 g/mol. The van der Waals surface area contributed by atoms with Gasteiger partial charge in [-0.2, -0.15) is 0 Å². The molecule has 0 radical (unpaired) electrons. The third-order valence-corrected chi connectivity index (χ3v) is 4.18. The van der Waals surface area contributed by atoms with Gasteiger partial charge in [-0.1, -0.05) is 12.1 Å². The van der Waals surface area contributed by atoms with Crippen LogP contribution < -0.4 is 15.0 Å². The van der Waals surface area contributed by atoms with Gasteiger partial charge < -0.3 is 19.7 Å². The molecule has 0 aromatic heterocycles. The third-order valence-electron chi connectivity index (χ3n) is 4.18. The summed E-state index contributed by atoms with van der Waals surface area (Å²) in [6.45, 7) is 1.04. The molecule has 25 heavy (non-hydrogen) atoms. The molecule has 1 aliphatic heterocycles. The van der Waals surface area contributed by atoms with E-state index in [0.717, 1.165) is 17.8 Å². The van der Waals surface area contributed by atoms with Crippen LogP contribution in [0.15, 0.2) is 48.5 Å². The number of nitrogens with zero attached hydrogens (tertiary/aromatic N) is 2. The van der Waals surface area contributed by atoms with Gasteiger partial charge in [-0.3, -0.25) is 10.1 Å². The van der Waals surface area contributed by atoms with E-state index in [0.29, 0.717) is 0 Å². The Balaban J connectivity index is 1.57. The predicted octanol–water partition coefficient (Wildman–Crippen LogP) is 1.70. The van der Waals surface area contributed by atoms with E-state index in [4.69, 9.17) is 9.47 Å². The van der Waals surface area contributed by atoms with Crippen LogP contribution in [0.3, 0.4) is 0 Å². The van der Waals surface area contributed by atoms with Crippen LogP contribution in [0.2, 0.25) is 0 Å². The second-order valence-electron chi connectivity index (χ2n) is 6.17. The Hall–Kier alpha value is -2.64. The maximum Gasteiger partial charge on any atom is 0.310 e. The van der Waals surface area contributed by atoms with Gasteiger partial charge in [0.1, 0.15) is 19.3 Å². The van der Waals surface area contributed by atoms with Crippen LogP contribution in [-0.4, -0.2) is 38.3 Å². The number of ether oxygens (including phenoxy) is 2. The van der Waals surface area contributed by atoms with Crippen molar-refractivity contribution < 1.29 is 19.7 Å². The Morgan fingerprint density at radius 2 is 1.96 bits per heavy atom. The lowest BCUT2D eigenvalue weighted by Gasteiger charge is -2.14. The average Bonchev–Trinajstić information content (AvgIpc) is 3.09. The highest BCUT2D eigenvalue weighted by atomic mass is 16.6. The third kappa shape index (κ3) is 4.07. The summed E-state index contributed by atoms with van der Waals surface area (Å²) in [6, 6.07) is 14.6. The summed E-state index contributed by atoms with van der Waals surface area (Å²) in [5, 5.41) is 13.1. The first kappa shape index (κ1) is 17.2. The molecule has 1 fully saturated rings. The molecule has 132 valence electrons. The van der Waals surface area contributed by atoms with Gasteiger partial charge in [0.15, 0.2) is 5.75 Å². The maximum absolute atomic E-state index is 11.0. The number of rotatable bonds is 6. The Labute approximate surface area is 146 Å². The molecule has 3 rings (SSSR count). The summed E-state index contributed by atoms with van der Waals surface area (Å²) in [7, 11) is 4.01. The van der Waals surface area contributed by atoms with E-state index in [1.165, 1.54) is 6.07 Å². The first-order chi connectivity index (χ1) is 12.0. The van der Waals surface area contributed by atoms with Crippen molar-refractivity contribution >= 4 is 11.4 Å². The molecule has 0 aliphatic carbocycles. The van der Waals surface area contributed by atoms with Gasteiger partial charge in [-0.25, -0.2) is 0 Å². The minimum Gasteiger partial charge on any atom is -0.484 e. The van der Waals surface area contributed by atoms with Crippen LogP contribution in [0.4, 0.5) is 11.4 Å². The summed E-state index contributed by atoms with van der Waals surface area (Å²) in [4.78, 5) is 12.6. The Morgan fingerprint density at radius 1 is 1.24 bits per heavy atom. The van der Waals surface area contributed by atoms with Gasteiger partial charge in [0, 0.05) is 31.4 Å². The average molecular weight is 344 g/mol. The Kier molecular flexibility index (Phi) is 5.16. The highest BCUT2D eigenvalue weighted by Crippen LogP contribution is 2.26. The highest BCUT2D eigenvalue weighted by Gasteiger charge is 2.31. The van der Waals surface area contributed by atoms with Crippen molar-refractivity contribution in [1.29, 1.82) is 0 Å². The molecule has 1 saturated heterocycles. The molecule has 0 amide bonds.